The molecule has 2 rings (SSSR count). The molecular weight excluding hydrogens is 232 g/mol. The lowest BCUT2D eigenvalue weighted by atomic mass is 10.1. The first-order chi connectivity index (χ1) is 8.76. The molecular formula is C13H14N2O3. The van der Waals surface area contributed by atoms with Gasteiger partial charge in [0.1, 0.15) is 5.75 Å². The van der Waals surface area contributed by atoms with Crippen LogP contribution in [0.15, 0.2) is 30.6 Å². The largest absolute Gasteiger partial charge is 0.497 e. The SMILES string of the molecule is COc1cc(CO)cc(-c2cncc(OC)n2)c1. The summed E-state index contributed by atoms with van der Waals surface area (Å²) in [5.74, 6) is 1.11. The fraction of sp³-hybridized carbons (Fsp3) is 0.231. The number of nitrogens with zero attached hydrogens (tertiary/aromatic N) is 2. The van der Waals surface area contributed by atoms with Gasteiger partial charge in [-0.1, -0.05) is 0 Å². The van der Waals surface area contributed by atoms with Gasteiger partial charge in [-0.15, -0.1) is 0 Å². The molecule has 1 N–H and O–H groups in total. The van der Waals surface area contributed by atoms with E-state index in [9.17, 15) is 5.11 Å². The van der Waals surface area contributed by atoms with Crippen molar-refractivity contribution in [3.8, 4) is 22.9 Å². The van der Waals surface area contributed by atoms with E-state index in [1.165, 1.54) is 6.20 Å². The number of rotatable bonds is 4. The first-order valence-corrected chi connectivity index (χ1v) is 5.42. The van der Waals surface area contributed by atoms with Crippen molar-refractivity contribution in [1.82, 2.24) is 9.97 Å². The van der Waals surface area contributed by atoms with Crippen molar-refractivity contribution in [2.45, 2.75) is 6.61 Å². The molecule has 94 valence electrons. The van der Waals surface area contributed by atoms with Gasteiger partial charge in [0.05, 0.1) is 38.9 Å². The van der Waals surface area contributed by atoms with Gasteiger partial charge in [0.25, 0.3) is 0 Å². The van der Waals surface area contributed by atoms with E-state index in [1.807, 2.05) is 12.1 Å². The highest BCUT2D eigenvalue weighted by molar-refractivity contribution is 5.62. The Morgan fingerprint density at radius 3 is 2.61 bits per heavy atom. The van der Waals surface area contributed by atoms with Crippen molar-refractivity contribution in [2.24, 2.45) is 0 Å². The van der Waals surface area contributed by atoms with Crippen LogP contribution < -0.4 is 9.47 Å². The Balaban J connectivity index is 2.48. The van der Waals surface area contributed by atoms with Crippen molar-refractivity contribution >= 4 is 0 Å². The van der Waals surface area contributed by atoms with E-state index in [4.69, 9.17) is 9.47 Å². The highest BCUT2D eigenvalue weighted by atomic mass is 16.5. The molecule has 0 spiro atoms. The molecule has 2 aromatic rings. The van der Waals surface area contributed by atoms with E-state index < -0.39 is 0 Å². The molecule has 18 heavy (non-hydrogen) atoms. The molecule has 0 aliphatic heterocycles. The molecule has 0 saturated heterocycles. The number of aliphatic hydroxyl groups excluding tert-OH is 1. The number of methoxy groups -OCH3 is 2. The predicted molar refractivity (Wildman–Crippen MR) is 66.5 cm³/mol. The molecule has 0 amide bonds. The van der Waals surface area contributed by atoms with Gasteiger partial charge in [-0.2, -0.15) is 0 Å². The van der Waals surface area contributed by atoms with Crippen molar-refractivity contribution in [3.63, 3.8) is 0 Å². The first-order valence-electron chi connectivity index (χ1n) is 5.42. The van der Waals surface area contributed by atoms with Gasteiger partial charge in [-0.25, -0.2) is 4.98 Å². The summed E-state index contributed by atoms with van der Waals surface area (Å²) in [6, 6.07) is 5.45. The van der Waals surface area contributed by atoms with E-state index in [0.29, 0.717) is 17.3 Å². The highest BCUT2D eigenvalue weighted by Gasteiger charge is 2.06. The van der Waals surface area contributed by atoms with E-state index in [2.05, 4.69) is 9.97 Å². The van der Waals surface area contributed by atoms with Crippen molar-refractivity contribution in [1.29, 1.82) is 0 Å². The Bertz CT molecular complexity index is 521. The molecule has 0 saturated carbocycles. The maximum absolute atomic E-state index is 9.21. The Kier molecular flexibility index (Phi) is 3.74. The number of aliphatic hydroxyl groups is 1. The summed E-state index contributed by atoms with van der Waals surface area (Å²) >= 11 is 0. The fourth-order valence-corrected chi connectivity index (χ4v) is 1.60. The summed E-state index contributed by atoms with van der Waals surface area (Å²) in [6.07, 6.45) is 3.18. The van der Waals surface area contributed by atoms with Gasteiger partial charge >= 0.3 is 0 Å². The molecule has 0 aliphatic rings. The van der Waals surface area contributed by atoms with Gasteiger partial charge in [0, 0.05) is 5.56 Å². The van der Waals surface area contributed by atoms with Crippen LogP contribution in [0.3, 0.4) is 0 Å². The van der Waals surface area contributed by atoms with E-state index in [-0.39, 0.29) is 6.61 Å². The molecule has 1 heterocycles. The minimum Gasteiger partial charge on any atom is -0.497 e. The Labute approximate surface area is 105 Å². The van der Waals surface area contributed by atoms with Crippen LogP contribution in [0.2, 0.25) is 0 Å². The second-order valence-electron chi connectivity index (χ2n) is 3.67. The Morgan fingerprint density at radius 1 is 1.11 bits per heavy atom. The van der Waals surface area contributed by atoms with Crippen LogP contribution in [-0.2, 0) is 6.61 Å². The van der Waals surface area contributed by atoms with E-state index in [0.717, 1.165) is 11.1 Å². The van der Waals surface area contributed by atoms with Crippen LogP contribution in [0, 0.1) is 0 Å². The fourth-order valence-electron chi connectivity index (χ4n) is 1.60. The zero-order chi connectivity index (χ0) is 13.0. The van der Waals surface area contributed by atoms with Crippen molar-refractivity contribution in [2.75, 3.05) is 14.2 Å². The summed E-state index contributed by atoms with van der Waals surface area (Å²) in [5, 5.41) is 9.21. The average Bonchev–Trinajstić information content (AvgIpc) is 2.46. The normalized spacial score (nSPS) is 10.2. The summed E-state index contributed by atoms with van der Waals surface area (Å²) in [5.41, 5.74) is 2.25. The molecule has 5 nitrogen and oxygen atoms in total. The zero-order valence-electron chi connectivity index (χ0n) is 10.3. The van der Waals surface area contributed by atoms with Crippen molar-refractivity contribution < 1.29 is 14.6 Å². The molecule has 0 bridgehead atoms. The average molecular weight is 246 g/mol. The smallest absolute Gasteiger partial charge is 0.232 e. The summed E-state index contributed by atoms with van der Waals surface area (Å²) in [4.78, 5) is 8.34. The third-order valence-corrected chi connectivity index (χ3v) is 2.50. The van der Waals surface area contributed by atoms with Gasteiger partial charge in [-0.05, 0) is 23.8 Å². The molecule has 0 unspecified atom stereocenters. The van der Waals surface area contributed by atoms with E-state index >= 15 is 0 Å². The minimum atomic E-state index is -0.0540. The molecule has 1 aromatic heterocycles. The first kappa shape index (κ1) is 12.3. The van der Waals surface area contributed by atoms with Crippen LogP contribution in [0.1, 0.15) is 5.56 Å². The van der Waals surface area contributed by atoms with Crippen LogP contribution in [0.4, 0.5) is 0 Å². The maximum Gasteiger partial charge on any atom is 0.232 e. The number of hydrogen-bond donors (Lipinski definition) is 1. The maximum atomic E-state index is 9.21. The quantitative estimate of drug-likeness (QED) is 0.888. The van der Waals surface area contributed by atoms with Crippen LogP contribution in [0.5, 0.6) is 11.6 Å². The van der Waals surface area contributed by atoms with Gasteiger partial charge in [0.2, 0.25) is 5.88 Å². The second-order valence-corrected chi connectivity index (χ2v) is 3.67. The number of hydrogen-bond acceptors (Lipinski definition) is 5. The minimum absolute atomic E-state index is 0.0540. The number of ether oxygens (including phenoxy) is 2. The molecule has 0 radical (unpaired) electrons. The lowest BCUT2D eigenvalue weighted by Gasteiger charge is -2.08. The number of benzene rings is 1. The summed E-state index contributed by atoms with van der Waals surface area (Å²) in [7, 11) is 3.12. The summed E-state index contributed by atoms with van der Waals surface area (Å²) in [6.45, 7) is -0.0540. The Hall–Kier alpha value is -2.14. The van der Waals surface area contributed by atoms with Crippen molar-refractivity contribution in [3.05, 3.63) is 36.2 Å². The standard InChI is InChI=1S/C13H14N2O3/c1-17-11-4-9(8-16)3-10(5-11)12-6-14-7-13(15-12)18-2/h3-7,16H,8H2,1-2H3. The third-order valence-electron chi connectivity index (χ3n) is 2.50. The van der Waals surface area contributed by atoms with Gasteiger partial charge < -0.3 is 14.6 Å². The van der Waals surface area contributed by atoms with Crippen LogP contribution in [0.25, 0.3) is 11.3 Å². The molecule has 5 heteroatoms. The third kappa shape index (κ3) is 2.57. The van der Waals surface area contributed by atoms with Crippen LogP contribution in [-0.4, -0.2) is 29.3 Å². The van der Waals surface area contributed by atoms with E-state index in [1.54, 1.807) is 26.5 Å². The molecule has 0 fully saturated rings. The monoisotopic (exact) mass is 246 g/mol. The van der Waals surface area contributed by atoms with Gasteiger partial charge in [0.15, 0.2) is 0 Å². The Morgan fingerprint density at radius 2 is 1.94 bits per heavy atom. The lowest BCUT2D eigenvalue weighted by molar-refractivity contribution is 0.281. The molecule has 1 aromatic carbocycles. The summed E-state index contributed by atoms with van der Waals surface area (Å²) < 4.78 is 10.2. The zero-order valence-corrected chi connectivity index (χ0v) is 10.3. The van der Waals surface area contributed by atoms with Gasteiger partial charge in [-0.3, -0.25) is 4.98 Å². The predicted octanol–water partition coefficient (Wildman–Crippen LogP) is 1.65. The molecule has 0 atom stereocenters. The topological polar surface area (TPSA) is 64.5 Å². The lowest BCUT2D eigenvalue weighted by Crippen LogP contribution is -1.94. The highest BCUT2D eigenvalue weighted by Crippen LogP contribution is 2.25. The number of aromatic nitrogens is 2. The van der Waals surface area contributed by atoms with Crippen LogP contribution >= 0.6 is 0 Å². The molecule has 0 aliphatic carbocycles. The second kappa shape index (κ2) is 5.46.